The number of aryl methyl sites for hydroxylation is 1. The molecule has 3 N–H and O–H groups in total. The number of carbonyl (C=O) groups excluding carboxylic acids is 1. The summed E-state index contributed by atoms with van der Waals surface area (Å²) in [5.41, 5.74) is 1.05. The molecule has 0 saturated carbocycles. The summed E-state index contributed by atoms with van der Waals surface area (Å²) in [4.78, 5) is 38.5. The first kappa shape index (κ1) is 23.1. The highest BCUT2D eigenvalue weighted by Gasteiger charge is 2.31. The predicted octanol–water partition coefficient (Wildman–Crippen LogP) is 3.94. The molecule has 0 spiro atoms. The van der Waals surface area contributed by atoms with Crippen molar-refractivity contribution in [1.29, 1.82) is 0 Å². The Morgan fingerprint density at radius 2 is 1.62 bits per heavy atom. The number of hydrogen-bond donors (Lipinski definition) is 3. The lowest BCUT2D eigenvalue weighted by Gasteiger charge is -2.34. The van der Waals surface area contributed by atoms with Gasteiger partial charge in [0, 0.05) is 14.1 Å². The average molecular weight is 436 g/mol. The summed E-state index contributed by atoms with van der Waals surface area (Å²) >= 11 is 0. The smallest absolute Gasteiger partial charge is 0.257 e. The van der Waals surface area contributed by atoms with Gasteiger partial charge in [-0.2, -0.15) is 0 Å². The monoisotopic (exact) mass is 435 g/mol. The second kappa shape index (κ2) is 8.49. The maximum absolute atomic E-state index is 12.4. The van der Waals surface area contributed by atoms with Crippen molar-refractivity contribution in [2.75, 3.05) is 24.7 Å². The van der Waals surface area contributed by atoms with Crippen LogP contribution in [0.25, 0.3) is 0 Å². The minimum absolute atomic E-state index is 0.0710. The molecule has 0 saturated heterocycles. The number of amides is 1. The summed E-state index contributed by atoms with van der Waals surface area (Å²) in [6.07, 6.45) is 0. The van der Waals surface area contributed by atoms with Gasteiger partial charge in [-0.3, -0.25) is 14.4 Å². The lowest BCUT2D eigenvalue weighted by Crippen LogP contribution is -2.39. The molecule has 0 aliphatic rings. The number of para-hydroxylation sites is 1. The molecule has 0 heterocycles. The van der Waals surface area contributed by atoms with Gasteiger partial charge < -0.3 is 20.6 Å². The molecule has 3 aromatic carbocycles. The van der Waals surface area contributed by atoms with Crippen LogP contribution in [0.1, 0.15) is 48.3 Å². The first-order valence-corrected chi connectivity index (χ1v) is 10.4. The van der Waals surface area contributed by atoms with Crippen LogP contribution in [0, 0.1) is 12.3 Å². The van der Waals surface area contributed by atoms with Crippen molar-refractivity contribution in [2.24, 2.45) is 5.41 Å². The highest BCUT2D eigenvalue weighted by atomic mass is 16.3. The van der Waals surface area contributed by atoms with Crippen LogP contribution in [0.4, 0.5) is 17.1 Å². The second-order valence-electron chi connectivity index (χ2n) is 9.29. The number of benzene rings is 2. The molecule has 0 unspecified atom stereocenters. The fourth-order valence-electron chi connectivity index (χ4n) is 3.63. The topological polar surface area (TPSA) is 98.7 Å². The van der Waals surface area contributed by atoms with Crippen molar-refractivity contribution in [3.8, 4) is 5.75 Å². The minimum atomic E-state index is -0.673. The van der Waals surface area contributed by atoms with E-state index in [9.17, 15) is 19.5 Å². The van der Waals surface area contributed by atoms with Crippen molar-refractivity contribution < 1.29 is 9.90 Å². The largest absolute Gasteiger partial charge is 0.505 e. The van der Waals surface area contributed by atoms with Crippen LogP contribution in [0.2, 0.25) is 0 Å². The Hall–Kier alpha value is -3.61. The molecule has 1 atom stereocenters. The minimum Gasteiger partial charge on any atom is -0.505 e. The molecule has 0 bridgehead atoms. The maximum Gasteiger partial charge on any atom is 0.257 e. The van der Waals surface area contributed by atoms with E-state index in [1.165, 1.54) is 11.0 Å². The molecule has 1 amide bonds. The molecule has 3 rings (SSSR count). The van der Waals surface area contributed by atoms with E-state index in [4.69, 9.17) is 0 Å². The summed E-state index contributed by atoms with van der Waals surface area (Å²) in [5, 5.41) is 16.7. The zero-order chi connectivity index (χ0) is 23.8. The van der Waals surface area contributed by atoms with E-state index in [1.54, 1.807) is 26.2 Å². The van der Waals surface area contributed by atoms with Crippen LogP contribution in [-0.2, 0) is 0 Å². The zero-order valence-corrected chi connectivity index (χ0v) is 19.2. The third-order valence-electron chi connectivity index (χ3n) is 5.37. The molecule has 168 valence electrons. The van der Waals surface area contributed by atoms with Gasteiger partial charge in [-0.1, -0.05) is 56.7 Å². The Morgan fingerprint density at radius 1 is 1.00 bits per heavy atom. The zero-order valence-electron chi connectivity index (χ0n) is 19.2. The van der Waals surface area contributed by atoms with Gasteiger partial charge in [-0.05, 0) is 30.0 Å². The standard InChI is InChI=1S/C25H29N3O4/c1-14-9-7-10-15(13-14)23(25(2,3)4)27-19-18(21(30)22(19)31)26-17-12-8-11-16(20(17)29)24(32)28(5)6/h7-13,23,26-27,29H,1-6H3/t23-/m0/s1. The Balaban J connectivity index is 1.98. The number of anilines is 3. The van der Waals surface area contributed by atoms with Gasteiger partial charge >= 0.3 is 0 Å². The Bertz CT molecular complexity index is 1230. The van der Waals surface area contributed by atoms with Gasteiger partial charge in [-0.25, -0.2) is 0 Å². The third-order valence-corrected chi connectivity index (χ3v) is 5.37. The SMILES string of the molecule is Cc1cccc([C@H](Nc2c(Nc3cccc(C(=O)N(C)C)c3O)c(=O)c2=O)C(C)(C)C)c1. The Kier molecular flexibility index (Phi) is 6.12. The molecular weight excluding hydrogens is 406 g/mol. The van der Waals surface area contributed by atoms with Crippen LogP contribution in [0.3, 0.4) is 0 Å². The van der Waals surface area contributed by atoms with Gasteiger partial charge in [0.15, 0.2) is 5.75 Å². The average Bonchev–Trinajstić information content (AvgIpc) is 2.72. The first-order chi connectivity index (χ1) is 14.9. The molecule has 3 aromatic rings. The quantitative estimate of drug-likeness (QED) is 0.401. The number of hydrogen-bond acceptors (Lipinski definition) is 6. The van der Waals surface area contributed by atoms with Gasteiger partial charge in [0.2, 0.25) is 0 Å². The van der Waals surface area contributed by atoms with Crippen molar-refractivity contribution in [2.45, 2.75) is 33.7 Å². The van der Waals surface area contributed by atoms with E-state index in [2.05, 4.69) is 10.6 Å². The summed E-state index contributed by atoms with van der Waals surface area (Å²) in [6.45, 7) is 8.15. The van der Waals surface area contributed by atoms with E-state index in [-0.39, 0.29) is 45.7 Å². The number of phenols is 1. The molecular formula is C25H29N3O4. The fourth-order valence-corrected chi connectivity index (χ4v) is 3.63. The first-order valence-electron chi connectivity index (χ1n) is 10.4. The van der Waals surface area contributed by atoms with Crippen LogP contribution in [0.5, 0.6) is 5.75 Å². The molecule has 0 aliphatic heterocycles. The number of nitrogens with one attached hydrogen (secondary N) is 2. The lowest BCUT2D eigenvalue weighted by molar-refractivity contribution is 0.0824. The highest BCUT2D eigenvalue weighted by Crippen LogP contribution is 2.38. The van der Waals surface area contributed by atoms with E-state index >= 15 is 0 Å². The van der Waals surface area contributed by atoms with Gasteiger partial charge in [-0.15, -0.1) is 0 Å². The van der Waals surface area contributed by atoms with Crippen LogP contribution >= 0.6 is 0 Å². The summed E-state index contributed by atoms with van der Waals surface area (Å²) in [7, 11) is 3.16. The molecule has 7 nitrogen and oxygen atoms in total. The van der Waals surface area contributed by atoms with Gasteiger partial charge in [0.1, 0.15) is 11.4 Å². The fraction of sp³-hybridized carbons (Fsp3) is 0.320. The summed E-state index contributed by atoms with van der Waals surface area (Å²) in [6, 6.07) is 12.4. The Labute approximate surface area is 187 Å². The van der Waals surface area contributed by atoms with Gasteiger partial charge in [0.25, 0.3) is 16.8 Å². The van der Waals surface area contributed by atoms with Gasteiger partial charge in [0.05, 0.1) is 17.3 Å². The van der Waals surface area contributed by atoms with Crippen LogP contribution in [-0.4, -0.2) is 30.0 Å². The number of carbonyl (C=O) groups is 1. The van der Waals surface area contributed by atoms with Crippen LogP contribution < -0.4 is 21.5 Å². The molecule has 32 heavy (non-hydrogen) atoms. The number of rotatable bonds is 6. The Morgan fingerprint density at radius 3 is 2.22 bits per heavy atom. The summed E-state index contributed by atoms with van der Waals surface area (Å²) in [5.74, 6) is -0.655. The van der Waals surface area contributed by atoms with Crippen molar-refractivity contribution >= 4 is 23.0 Å². The third kappa shape index (κ3) is 4.37. The molecule has 0 aromatic heterocycles. The normalized spacial score (nSPS) is 12.4. The van der Waals surface area contributed by atoms with Crippen molar-refractivity contribution in [1.82, 2.24) is 4.90 Å². The van der Waals surface area contributed by atoms with Crippen LogP contribution in [0.15, 0.2) is 52.1 Å². The van der Waals surface area contributed by atoms with E-state index < -0.39 is 10.9 Å². The molecule has 0 radical (unpaired) electrons. The molecule has 0 fully saturated rings. The second-order valence-corrected chi connectivity index (χ2v) is 9.29. The molecule has 7 heteroatoms. The van der Waals surface area contributed by atoms with Crippen molar-refractivity contribution in [3.63, 3.8) is 0 Å². The van der Waals surface area contributed by atoms with E-state index in [0.29, 0.717) is 0 Å². The van der Waals surface area contributed by atoms with E-state index in [0.717, 1.165) is 11.1 Å². The maximum atomic E-state index is 12.4. The number of phenolic OH excluding ortho intramolecular Hbond substituents is 1. The lowest BCUT2D eigenvalue weighted by atomic mass is 9.81. The number of aromatic hydroxyl groups is 1. The predicted molar refractivity (Wildman–Crippen MR) is 128 cm³/mol. The molecule has 0 aliphatic carbocycles. The number of nitrogens with zero attached hydrogens (tertiary/aromatic N) is 1. The summed E-state index contributed by atoms with van der Waals surface area (Å²) < 4.78 is 0. The highest BCUT2D eigenvalue weighted by molar-refractivity contribution is 5.99. The van der Waals surface area contributed by atoms with E-state index in [1.807, 2.05) is 52.0 Å². The van der Waals surface area contributed by atoms with Crippen molar-refractivity contribution in [3.05, 3.63) is 79.6 Å².